The Morgan fingerprint density at radius 2 is 1.48 bits per heavy atom. The van der Waals surface area contributed by atoms with Crippen LogP contribution in [0.5, 0.6) is 0 Å². The van der Waals surface area contributed by atoms with Crippen LogP contribution in [0, 0.1) is 0 Å². The Bertz CT molecular complexity index is 986. The average Bonchev–Trinajstić information content (AvgIpc) is 2.78. The Labute approximate surface area is 186 Å². The minimum atomic E-state index is -0.184. The van der Waals surface area contributed by atoms with Crippen LogP contribution in [0.25, 0.3) is 0 Å². The van der Waals surface area contributed by atoms with Gasteiger partial charge < -0.3 is 15.5 Å². The highest BCUT2D eigenvalue weighted by atomic mass is 16.2. The number of nitrogens with zero attached hydrogens (tertiary/aromatic N) is 2. The fourth-order valence-corrected chi connectivity index (χ4v) is 4.11. The molecule has 0 spiro atoms. The molecule has 0 aliphatic rings. The quantitative estimate of drug-likeness (QED) is 0.486. The monoisotopic (exact) mass is 415 g/mol. The summed E-state index contributed by atoms with van der Waals surface area (Å²) in [5.41, 5.74) is 11.1. The van der Waals surface area contributed by atoms with Gasteiger partial charge in [0, 0.05) is 32.0 Å². The zero-order valence-corrected chi connectivity index (χ0v) is 19.0. The maximum absolute atomic E-state index is 13.9. The standard InChI is InChI=1S/C27H33N3O/c1-5-25(22-14-10-7-11-15-22)27(31)30(20(2)21-12-8-6-9-13-21)19-23-18-24(28)16-17-26(23)29(3)4/h6-18,20,25H,5,19,28H2,1-4H3. The van der Waals surface area contributed by atoms with Crippen molar-refractivity contribution in [2.75, 3.05) is 24.7 Å². The molecule has 2 unspecified atom stereocenters. The maximum atomic E-state index is 13.9. The van der Waals surface area contributed by atoms with Gasteiger partial charge in [-0.1, -0.05) is 67.6 Å². The van der Waals surface area contributed by atoms with Crippen LogP contribution in [-0.4, -0.2) is 24.9 Å². The van der Waals surface area contributed by atoms with Crippen molar-refractivity contribution in [3.05, 3.63) is 95.6 Å². The van der Waals surface area contributed by atoms with Gasteiger partial charge in [0.15, 0.2) is 0 Å². The molecule has 0 bridgehead atoms. The third-order valence-electron chi connectivity index (χ3n) is 5.87. The average molecular weight is 416 g/mol. The van der Waals surface area contributed by atoms with E-state index in [1.54, 1.807) is 0 Å². The zero-order chi connectivity index (χ0) is 22.4. The normalized spacial score (nSPS) is 12.8. The molecular formula is C27H33N3O. The second-order valence-corrected chi connectivity index (χ2v) is 8.21. The van der Waals surface area contributed by atoms with Crippen molar-refractivity contribution >= 4 is 17.3 Å². The van der Waals surface area contributed by atoms with Crippen LogP contribution in [0.15, 0.2) is 78.9 Å². The number of hydrogen-bond donors (Lipinski definition) is 1. The van der Waals surface area contributed by atoms with Gasteiger partial charge in [0.25, 0.3) is 0 Å². The van der Waals surface area contributed by atoms with E-state index < -0.39 is 0 Å². The van der Waals surface area contributed by atoms with Crippen LogP contribution in [-0.2, 0) is 11.3 Å². The fraction of sp³-hybridized carbons (Fsp3) is 0.296. The van der Waals surface area contributed by atoms with Crippen LogP contribution >= 0.6 is 0 Å². The lowest BCUT2D eigenvalue weighted by molar-refractivity contribution is -0.135. The number of anilines is 2. The molecule has 31 heavy (non-hydrogen) atoms. The third-order valence-corrected chi connectivity index (χ3v) is 5.87. The summed E-state index contributed by atoms with van der Waals surface area (Å²) in [6.07, 6.45) is 0.748. The number of nitrogen functional groups attached to an aromatic ring is 1. The molecule has 4 nitrogen and oxygen atoms in total. The highest BCUT2D eigenvalue weighted by Crippen LogP contribution is 2.32. The second kappa shape index (κ2) is 10.2. The molecular weight excluding hydrogens is 382 g/mol. The van der Waals surface area contributed by atoms with Crippen molar-refractivity contribution in [1.82, 2.24) is 4.90 Å². The summed E-state index contributed by atoms with van der Waals surface area (Å²) in [5.74, 6) is -0.0478. The first-order valence-corrected chi connectivity index (χ1v) is 10.9. The number of carbonyl (C=O) groups excluding carboxylic acids is 1. The summed E-state index contributed by atoms with van der Waals surface area (Å²) >= 11 is 0. The van der Waals surface area contributed by atoms with Gasteiger partial charge in [0.1, 0.15) is 0 Å². The van der Waals surface area contributed by atoms with E-state index >= 15 is 0 Å². The smallest absolute Gasteiger partial charge is 0.230 e. The molecule has 0 aliphatic carbocycles. The Kier molecular flexibility index (Phi) is 7.35. The highest BCUT2D eigenvalue weighted by molar-refractivity contribution is 5.84. The Hall–Kier alpha value is -3.27. The second-order valence-electron chi connectivity index (χ2n) is 8.21. The number of benzene rings is 3. The van der Waals surface area contributed by atoms with E-state index in [0.717, 1.165) is 28.8 Å². The molecule has 1 amide bonds. The predicted octanol–water partition coefficient (Wildman–Crippen LogP) is 5.62. The molecule has 0 aromatic heterocycles. The Morgan fingerprint density at radius 1 is 0.903 bits per heavy atom. The van der Waals surface area contributed by atoms with Crippen molar-refractivity contribution in [1.29, 1.82) is 0 Å². The molecule has 3 aromatic carbocycles. The minimum absolute atomic E-state index is 0.0668. The minimum Gasteiger partial charge on any atom is -0.399 e. The van der Waals surface area contributed by atoms with Gasteiger partial charge in [0.2, 0.25) is 5.91 Å². The molecule has 0 saturated heterocycles. The first-order chi connectivity index (χ1) is 14.9. The summed E-state index contributed by atoms with van der Waals surface area (Å²) in [7, 11) is 4.03. The fourth-order valence-electron chi connectivity index (χ4n) is 4.11. The molecule has 3 rings (SSSR count). The topological polar surface area (TPSA) is 49.6 Å². The summed E-state index contributed by atoms with van der Waals surface area (Å²) < 4.78 is 0. The van der Waals surface area contributed by atoms with E-state index in [1.165, 1.54) is 0 Å². The number of nitrogens with two attached hydrogens (primary N) is 1. The van der Waals surface area contributed by atoms with Gasteiger partial charge in [-0.15, -0.1) is 0 Å². The lowest BCUT2D eigenvalue weighted by Gasteiger charge is -2.34. The number of carbonyl (C=O) groups is 1. The van der Waals surface area contributed by atoms with Crippen molar-refractivity contribution in [2.45, 2.75) is 38.8 Å². The van der Waals surface area contributed by atoms with E-state index in [2.05, 4.69) is 30.9 Å². The lowest BCUT2D eigenvalue weighted by atomic mass is 9.93. The molecule has 0 radical (unpaired) electrons. The molecule has 3 aromatic rings. The molecule has 0 saturated carbocycles. The van der Waals surface area contributed by atoms with Gasteiger partial charge in [-0.05, 0) is 48.2 Å². The number of hydrogen-bond acceptors (Lipinski definition) is 3. The Balaban J connectivity index is 2.03. The SMILES string of the molecule is CCC(C(=O)N(Cc1cc(N)ccc1N(C)C)C(C)c1ccccc1)c1ccccc1. The molecule has 2 atom stereocenters. The number of rotatable bonds is 8. The van der Waals surface area contributed by atoms with Crippen molar-refractivity contribution in [2.24, 2.45) is 0 Å². The number of amides is 1. The zero-order valence-electron chi connectivity index (χ0n) is 19.0. The van der Waals surface area contributed by atoms with E-state index in [1.807, 2.05) is 85.7 Å². The van der Waals surface area contributed by atoms with Crippen LogP contribution in [0.2, 0.25) is 0 Å². The summed E-state index contributed by atoms with van der Waals surface area (Å²) in [6, 6.07) is 26.1. The molecule has 0 heterocycles. The van der Waals surface area contributed by atoms with Gasteiger partial charge in [-0.25, -0.2) is 0 Å². The van der Waals surface area contributed by atoms with Crippen LogP contribution < -0.4 is 10.6 Å². The Morgan fingerprint density at radius 3 is 2.03 bits per heavy atom. The van der Waals surface area contributed by atoms with Crippen molar-refractivity contribution in [3.8, 4) is 0 Å². The summed E-state index contributed by atoms with van der Waals surface area (Å²) in [6.45, 7) is 4.68. The van der Waals surface area contributed by atoms with E-state index in [-0.39, 0.29) is 17.9 Å². The third kappa shape index (κ3) is 5.26. The van der Waals surface area contributed by atoms with E-state index in [4.69, 9.17) is 5.73 Å². The van der Waals surface area contributed by atoms with Crippen LogP contribution in [0.1, 0.15) is 48.9 Å². The maximum Gasteiger partial charge on any atom is 0.230 e. The lowest BCUT2D eigenvalue weighted by Crippen LogP contribution is -2.37. The molecule has 0 aliphatic heterocycles. The van der Waals surface area contributed by atoms with Crippen LogP contribution in [0.3, 0.4) is 0 Å². The van der Waals surface area contributed by atoms with Crippen LogP contribution in [0.4, 0.5) is 11.4 Å². The summed E-state index contributed by atoms with van der Waals surface area (Å²) in [5, 5.41) is 0. The van der Waals surface area contributed by atoms with E-state index in [0.29, 0.717) is 12.2 Å². The van der Waals surface area contributed by atoms with Crippen molar-refractivity contribution in [3.63, 3.8) is 0 Å². The molecule has 162 valence electrons. The molecule has 0 fully saturated rings. The van der Waals surface area contributed by atoms with E-state index in [9.17, 15) is 4.79 Å². The van der Waals surface area contributed by atoms with Gasteiger partial charge in [-0.2, -0.15) is 0 Å². The largest absolute Gasteiger partial charge is 0.399 e. The van der Waals surface area contributed by atoms with Gasteiger partial charge >= 0.3 is 0 Å². The van der Waals surface area contributed by atoms with Crippen molar-refractivity contribution < 1.29 is 4.79 Å². The first-order valence-electron chi connectivity index (χ1n) is 10.9. The van der Waals surface area contributed by atoms with Gasteiger partial charge in [-0.3, -0.25) is 4.79 Å². The highest BCUT2D eigenvalue weighted by Gasteiger charge is 2.29. The summed E-state index contributed by atoms with van der Waals surface area (Å²) in [4.78, 5) is 18.0. The molecule has 2 N–H and O–H groups in total. The predicted molar refractivity (Wildman–Crippen MR) is 130 cm³/mol. The first kappa shape index (κ1) is 22.4. The van der Waals surface area contributed by atoms with Gasteiger partial charge in [0.05, 0.1) is 12.0 Å². The molecule has 4 heteroatoms.